The molecule has 1 aromatic carbocycles. The first-order chi connectivity index (χ1) is 13.6. The van der Waals surface area contributed by atoms with Gasteiger partial charge in [0.1, 0.15) is 17.9 Å². The van der Waals surface area contributed by atoms with Gasteiger partial charge in [0.05, 0.1) is 50.8 Å². The fourth-order valence-electron chi connectivity index (χ4n) is 5.55. The number of methoxy groups -OCH3 is 2. The summed E-state index contributed by atoms with van der Waals surface area (Å²) in [4.78, 5) is 17.6. The van der Waals surface area contributed by atoms with Crippen molar-refractivity contribution in [2.75, 3.05) is 27.3 Å². The van der Waals surface area contributed by atoms with Crippen molar-refractivity contribution < 1.29 is 26.8 Å². The number of ether oxygens (including phenoxy) is 3. The van der Waals surface area contributed by atoms with Crippen LogP contribution in [0.3, 0.4) is 0 Å². The Kier molecular flexibility index (Phi) is 4.12. The van der Waals surface area contributed by atoms with Crippen molar-refractivity contribution in [3.8, 4) is 5.75 Å². The van der Waals surface area contributed by atoms with E-state index in [0.717, 1.165) is 37.2 Å². The van der Waals surface area contributed by atoms with Crippen LogP contribution in [-0.2, 0) is 20.7 Å². The van der Waals surface area contributed by atoms with Crippen molar-refractivity contribution in [2.45, 2.75) is 31.9 Å². The molecule has 1 saturated heterocycles. The van der Waals surface area contributed by atoms with Gasteiger partial charge in [0.2, 0.25) is 0 Å². The smallest absolute Gasteiger partial charge is 0.337 e. The fourth-order valence-corrected chi connectivity index (χ4v) is 5.55. The fraction of sp³-hybridized carbons (Fsp3) is 0.500. The van der Waals surface area contributed by atoms with Gasteiger partial charge >= 0.3 is 5.97 Å². The molecule has 0 bridgehead atoms. The molecule has 2 N–H and O–H groups in total. The zero-order chi connectivity index (χ0) is 19.4. The number of hydrogen-bond donors (Lipinski definition) is 2. The number of aromatic amines is 1. The molecule has 0 amide bonds. The summed E-state index contributed by atoms with van der Waals surface area (Å²) in [7, 11) is 3.14. The molecule has 28 heavy (non-hydrogen) atoms. The van der Waals surface area contributed by atoms with E-state index in [0.29, 0.717) is 17.5 Å². The maximum Gasteiger partial charge on any atom is 0.337 e. The molecule has 3 aliphatic rings. The van der Waals surface area contributed by atoms with E-state index in [1.54, 1.807) is 18.3 Å². The minimum atomic E-state index is -0.261. The Balaban J connectivity index is 0.00000128. The first-order valence-electron chi connectivity index (χ1n) is 10.1. The number of H-pyrrole nitrogens is 1. The van der Waals surface area contributed by atoms with Crippen LogP contribution >= 0.6 is 0 Å². The third-order valence-corrected chi connectivity index (χ3v) is 7.02. The van der Waals surface area contributed by atoms with Crippen LogP contribution in [0.5, 0.6) is 5.75 Å². The summed E-state index contributed by atoms with van der Waals surface area (Å²) in [6.45, 7) is 4.25. The van der Waals surface area contributed by atoms with E-state index in [1.165, 1.54) is 23.8 Å². The zero-order valence-corrected chi connectivity index (χ0v) is 16.6. The van der Waals surface area contributed by atoms with Crippen LogP contribution in [-0.4, -0.2) is 44.4 Å². The lowest BCUT2D eigenvalue weighted by Gasteiger charge is -2.46. The highest BCUT2D eigenvalue weighted by atomic mass is 16.5. The lowest BCUT2D eigenvalue weighted by Crippen LogP contribution is -3.15. The van der Waals surface area contributed by atoms with Gasteiger partial charge in [0, 0.05) is 38.6 Å². The number of fused-ring (bicyclic) bond motifs is 6. The predicted molar refractivity (Wildman–Crippen MR) is 108 cm³/mol. The largest absolute Gasteiger partial charge is 0.497 e. The van der Waals surface area contributed by atoms with Crippen LogP contribution < -0.4 is 9.64 Å². The Hall–Kier alpha value is -2.47. The van der Waals surface area contributed by atoms with Crippen LogP contribution in [0.15, 0.2) is 30.0 Å². The quantitative estimate of drug-likeness (QED) is 0.776. The zero-order valence-electron chi connectivity index (χ0n) is 16.6. The van der Waals surface area contributed by atoms with Crippen LogP contribution in [0.4, 0.5) is 0 Å². The van der Waals surface area contributed by atoms with Crippen molar-refractivity contribution in [1.82, 2.24) is 4.98 Å². The highest BCUT2D eigenvalue weighted by Crippen LogP contribution is 2.41. The number of carbonyl (C=O) groups is 1. The lowest BCUT2D eigenvalue weighted by molar-refractivity contribution is -0.944. The second-order valence-electron chi connectivity index (χ2n) is 8.26. The second-order valence-corrected chi connectivity index (χ2v) is 8.26. The number of quaternary nitrogens is 1. The molecule has 0 saturated carbocycles. The number of piperidine rings is 1. The van der Waals surface area contributed by atoms with Gasteiger partial charge in [-0.2, -0.15) is 0 Å². The van der Waals surface area contributed by atoms with Crippen molar-refractivity contribution in [2.24, 2.45) is 11.8 Å². The molecular weight excluding hydrogens is 356 g/mol. The molecule has 0 aliphatic carbocycles. The summed E-state index contributed by atoms with van der Waals surface area (Å²) in [6, 6.07) is 6.64. The van der Waals surface area contributed by atoms with E-state index in [4.69, 9.17) is 14.2 Å². The molecule has 3 unspecified atom stereocenters. The molecule has 3 aliphatic heterocycles. The normalized spacial score (nSPS) is 31.1. The number of esters is 1. The Bertz CT molecular complexity index is 973. The van der Waals surface area contributed by atoms with Crippen molar-refractivity contribution >= 4 is 16.9 Å². The molecule has 152 valence electrons. The van der Waals surface area contributed by atoms with Crippen molar-refractivity contribution in [3.63, 3.8) is 0 Å². The van der Waals surface area contributed by atoms with Crippen LogP contribution in [0.25, 0.3) is 10.9 Å². The molecule has 6 heteroatoms. The highest BCUT2D eigenvalue weighted by Gasteiger charge is 2.49. The summed E-state index contributed by atoms with van der Waals surface area (Å²) in [5, 5.41) is 1.29. The Labute approximate surface area is 167 Å². The third-order valence-electron chi connectivity index (χ3n) is 7.02. The van der Waals surface area contributed by atoms with Gasteiger partial charge in [-0.3, -0.25) is 0 Å². The minimum Gasteiger partial charge on any atom is -0.497 e. The van der Waals surface area contributed by atoms with Crippen molar-refractivity contribution in [3.05, 3.63) is 41.3 Å². The Morgan fingerprint density at radius 3 is 3.00 bits per heavy atom. The Morgan fingerprint density at radius 1 is 1.36 bits per heavy atom. The van der Waals surface area contributed by atoms with E-state index < -0.39 is 0 Å². The molecule has 0 spiro atoms. The van der Waals surface area contributed by atoms with Gasteiger partial charge in [-0.1, -0.05) is 0 Å². The van der Waals surface area contributed by atoms with Gasteiger partial charge in [-0.05, 0) is 24.6 Å². The maximum absolute atomic E-state index is 12.3. The number of nitrogens with one attached hydrogen (secondary N) is 2. The number of benzene rings is 1. The van der Waals surface area contributed by atoms with Crippen molar-refractivity contribution in [1.29, 1.82) is 0 Å². The van der Waals surface area contributed by atoms with Crippen LogP contribution in [0, 0.1) is 11.8 Å². The predicted octanol–water partition coefficient (Wildman–Crippen LogP) is 2.26. The number of rotatable bonds is 2. The first kappa shape index (κ1) is 17.6. The molecule has 5 atom stereocenters. The number of carbonyl (C=O) groups excluding carboxylic acids is 1. The topological polar surface area (TPSA) is 65.0 Å². The molecule has 2 aromatic rings. The van der Waals surface area contributed by atoms with Gasteiger partial charge in [-0.15, -0.1) is 0 Å². The lowest BCUT2D eigenvalue weighted by atomic mass is 9.72. The van der Waals surface area contributed by atoms with E-state index in [-0.39, 0.29) is 20.8 Å². The third kappa shape index (κ3) is 2.54. The SMILES string of the molecule is COC(=O)C1=CO[C@@H](C)[C@H]2C[NH+]3CCc4c([nH]c5cc(OC)ccc45)C3CC12.[HH].[HH]. The standard InChI is InChI=1S/C22H26N2O4.2H2/c1-12-17-10-24-7-6-15-14-5-4-13(26-2)8-19(14)23-21(15)20(24)9-16(17)18(11-28-12)22(25)27-3;;/h4-5,8,11-12,16-17,20,23H,6-7,9-10H2,1-3H3;2*1H/p+1/t12-,16?,17+,20?;;/m0../s1. The monoisotopic (exact) mass is 387 g/mol. The second kappa shape index (κ2) is 6.55. The summed E-state index contributed by atoms with van der Waals surface area (Å²) in [5.74, 6) is 1.13. The summed E-state index contributed by atoms with van der Waals surface area (Å²) < 4.78 is 16.2. The molecule has 1 fully saturated rings. The molecule has 1 aromatic heterocycles. The van der Waals surface area contributed by atoms with Gasteiger partial charge in [-0.25, -0.2) is 4.79 Å². The minimum absolute atomic E-state index is 0. The first-order valence-corrected chi connectivity index (χ1v) is 10.1. The molecule has 6 nitrogen and oxygen atoms in total. The van der Waals surface area contributed by atoms with E-state index in [1.807, 2.05) is 6.07 Å². The van der Waals surface area contributed by atoms with E-state index in [9.17, 15) is 4.79 Å². The number of aromatic nitrogens is 1. The van der Waals surface area contributed by atoms with Crippen LogP contribution in [0.1, 0.15) is 33.5 Å². The van der Waals surface area contributed by atoms with E-state index in [2.05, 4.69) is 24.0 Å². The van der Waals surface area contributed by atoms with Gasteiger partial charge in [0.15, 0.2) is 0 Å². The number of hydrogen-bond acceptors (Lipinski definition) is 4. The van der Waals surface area contributed by atoms with Gasteiger partial charge < -0.3 is 24.1 Å². The molecule has 5 rings (SSSR count). The summed E-state index contributed by atoms with van der Waals surface area (Å²) in [6.07, 6.45) is 3.77. The summed E-state index contributed by atoms with van der Waals surface area (Å²) >= 11 is 0. The van der Waals surface area contributed by atoms with Gasteiger partial charge in [0.25, 0.3) is 0 Å². The Morgan fingerprint density at radius 2 is 2.21 bits per heavy atom. The molecule has 0 radical (unpaired) electrons. The molecule has 4 heterocycles. The van der Waals surface area contributed by atoms with E-state index >= 15 is 0 Å². The summed E-state index contributed by atoms with van der Waals surface area (Å²) in [5.41, 5.74) is 4.58. The van der Waals surface area contributed by atoms with Crippen LogP contribution in [0.2, 0.25) is 0 Å². The highest BCUT2D eigenvalue weighted by molar-refractivity contribution is 5.89. The maximum atomic E-state index is 12.3. The average Bonchev–Trinajstić information content (AvgIpc) is 3.10. The average molecular weight is 388 g/mol. The molecular formula is C22H31N2O4+.